The number of carbonyl (C=O) groups is 1. The minimum atomic E-state index is -0.714. The minimum absolute atomic E-state index is 0.265. The number of ether oxygens (including phenoxy) is 1. The van der Waals surface area contributed by atoms with Gasteiger partial charge < -0.3 is 14.9 Å². The maximum absolute atomic E-state index is 12.2. The number of allylic oxidation sites excluding steroid dienone is 4. The SMILES string of the molecule is COC(=O)[C@@]1(C)CC[C@@H](O)C(C)=C1/C=C/C(C)=C/CCC(C)O. The predicted octanol–water partition coefficient (Wildman–Crippen LogP) is 3.30. The van der Waals surface area contributed by atoms with Gasteiger partial charge in [-0.1, -0.05) is 23.8 Å². The van der Waals surface area contributed by atoms with Crippen LogP contribution in [0.25, 0.3) is 0 Å². The van der Waals surface area contributed by atoms with Crippen molar-refractivity contribution in [2.24, 2.45) is 5.41 Å². The van der Waals surface area contributed by atoms with E-state index in [0.717, 1.165) is 29.6 Å². The molecular weight excluding hydrogens is 292 g/mol. The molecular formula is C19H30O4. The first-order valence-electron chi connectivity index (χ1n) is 8.23. The molecule has 4 heteroatoms. The van der Waals surface area contributed by atoms with Crippen molar-refractivity contribution in [3.05, 3.63) is 34.9 Å². The number of esters is 1. The van der Waals surface area contributed by atoms with E-state index in [2.05, 4.69) is 6.08 Å². The Hall–Kier alpha value is -1.39. The first kappa shape index (κ1) is 19.7. The normalized spacial score (nSPS) is 27.4. The van der Waals surface area contributed by atoms with Gasteiger partial charge in [0.05, 0.1) is 24.7 Å². The van der Waals surface area contributed by atoms with Gasteiger partial charge >= 0.3 is 5.97 Å². The maximum Gasteiger partial charge on any atom is 0.315 e. The van der Waals surface area contributed by atoms with Crippen LogP contribution in [0.4, 0.5) is 0 Å². The Balaban J connectivity index is 3.02. The van der Waals surface area contributed by atoms with Gasteiger partial charge in [0.15, 0.2) is 0 Å². The molecule has 1 aliphatic carbocycles. The fraction of sp³-hybridized carbons (Fsp3) is 0.632. The average Bonchev–Trinajstić information content (AvgIpc) is 2.50. The number of methoxy groups -OCH3 is 1. The Morgan fingerprint density at radius 1 is 1.52 bits per heavy atom. The molecule has 0 aromatic carbocycles. The molecule has 1 aliphatic rings. The number of hydrogen-bond acceptors (Lipinski definition) is 4. The highest BCUT2D eigenvalue weighted by Crippen LogP contribution is 2.42. The summed E-state index contributed by atoms with van der Waals surface area (Å²) in [5.41, 5.74) is 2.02. The van der Waals surface area contributed by atoms with Crippen molar-refractivity contribution in [2.45, 2.75) is 65.6 Å². The van der Waals surface area contributed by atoms with Crippen LogP contribution < -0.4 is 0 Å². The van der Waals surface area contributed by atoms with Crippen LogP contribution in [0.15, 0.2) is 34.9 Å². The molecule has 23 heavy (non-hydrogen) atoms. The van der Waals surface area contributed by atoms with E-state index in [9.17, 15) is 15.0 Å². The van der Waals surface area contributed by atoms with E-state index in [-0.39, 0.29) is 12.1 Å². The summed E-state index contributed by atoms with van der Waals surface area (Å²) in [6.45, 7) is 7.51. The van der Waals surface area contributed by atoms with E-state index < -0.39 is 11.5 Å². The van der Waals surface area contributed by atoms with E-state index in [4.69, 9.17) is 4.74 Å². The lowest BCUT2D eigenvalue weighted by molar-refractivity contribution is -0.150. The molecule has 4 nitrogen and oxygen atoms in total. The van der Waals surface area contributed by atoms with Crippen molar-refractivity contribution in [3.63, 3.8) is 0 Å². The third-order valence-electron chi connectivity index (χ3n) is 4.64. The topological polar surface area (TPSA) is 66.8 Å². The van der Waals surface area contributed by atoms with E-state index in [1.165, 1.54) is 7.11 Å². The number of aliphatic hydroxyl groups is 2. The summed E-state index contributed by atoms with van der Waals surface area (Å²) in [5.74, 6) is -0.265. The summed E-state index contributed by atoms with van der Waals surface area (Å²) in [6, 6.07) is 0. The van der Waals surface area contributed by atoms with E-state index in [1.807, 2.05) is 32.9 Å². The highest BCUT2D eigenvalue weighted by molar-refractivity contribution is 5.81. The monoisotopic (exact) mass is 322 g/mol. The van der Waals surface area contributed by atoms with Crippen LogP contribution in [0.1, 0.15) is 53.4 Å². The highest BCUT2D eigenvalue weighted by atomic mass is 16.5. The molecule has 3 atom stereocenters. The van der Waals surface area contributed by atoms with Gasteiger partial charge in [-0.25, -0.2) is 0 Å². The van der Waals surface area contributed by atoms with Crippen LogP contribution in [-0.2, 0) is 9.53 Å². The zero-order chi connectivity index (χ0) is 17.6. The molecule has 0 spiro atoms. The molecule has 0 saturated carbocycles. The molecule has 2 N–H and O–H groups in total. The van der Waals surface area contributed by atoms with Crippen LogP contribution in [0.3, 0.4) is 0 Å². The molecule has 1 unspecified atom stereocenters. The fourth-order valence-electron chi connectivity index (χ4n) is 2.98. The lowest BCUT2D eigenvalue weighted by atomic mass is 9.70. The van der Waals surface area contributed by atoms with E-state index in [1.54, 1.807) is 6.92 Å². The Morgan fingerprint density at radius 3 is 2.74 bits per heavy atom. The quantitative estimate of drug-likeness (QED) is 0.581. The molecule has 130 valence electrons. The smallest absolute Gasteiger partial charge is 0.315 e. The molecule has 0 aliphatic heterocycles. The second-order valence-corrected chi connectivity index (χ2v) is 6.68. The van der Waals surface area contributed by atoms with Gasteiger partial charge in [-0.2, -0.15) is 0 Å². The third kappa shape index (κ3) is 5.05. The number of aliphatic hydroxyl groups excluding tert-OH is 2. The number of carbonyl (C=O) groups excluding carboxylic acids is 1. The van der Waals surface area contributed by atoms with Crippen LogP contribution in [0.2, 0.25) is 0 Å². The summed E-state index contributed by atoms with van der Waals surface area (Å²) < 4.78 is 4.97. The van der Waals surface area contributed by atoms with Crippen molar-refractivity contribution in [2.75, 3.05) is 7.11 Å². The molecule has 0 saturated heterocycles. The summed E-state index contributed by atoms with van der Waals surface area (Å²) in [7, 11) is 1.40. The molecule has 0 amide bonds. The van der Waals surface area contributed by atoms with Crippen molar-refractivity contribution in [1.29, 1.82) is 0 Å². The molecule has 0 bridgehead atoms. The third-order valence-corrected chi connectivity index (χ3v) is 4.64. The minimum Gasteiger partial charge on any atom is -0.468 e. The van der Waals surface area contributed by atoms with Crippen molar-refractivity contribution < 1.29 is 19.7 Å². The first-order valence-corrected chi connectivity index (χ1v) is 8.23. The molecule has 0 aromatic heterocycles. The second kappa shape index (κ2) is 8.46. The van der Waals surface area contributed by atoms with Crippen LogP contribution >= 0.6 is 0 Å². The number of rotatable bonds is 6. The van der Waals surface area contributed by atoms with E-state index in [0.29, 0.717) is 12.8 Å². The summed E-state index contributed by atoms with van der Waals surface area (Å²) >= 11 is 0. The summed E-state index contributed by atoms with van der Waals surface area (Å²) in [4.78, 5) is 12.2. The van der Waals surface area contributed by atoms with Gasteiger partial charge in [0.25, 0.3) is 0 Å². The summed E-state index contributed by atoms with van der Waals surface area (Å²) in [5, 5.41) is 19.4. The standard InChI is InChI=1S/C19H30O4/c1-13(7-6-8-14(2)20)9-10-16-15(3)17(21)11-12-19(16,4)18(22)23-5/h7,9-10,14,17,20-21H,6,8,11-12H2,1-5H3/b10-9+,13-7+/t14?,17-,19+/m1/s1. The molecule has 0 aromatic rings. The van der Waals surface area contributed by atoms with Crippen molar-refractivity contribution in [1.82, 2.24) is 0 Å². The van der Waals surface area contributed by atoms with Gasteiger partial charge in [0, 0.05) is 0 Å². The Labute approximate surface area is 139 Å². The van der Waals surface area contributed by atoms with E-state index >= 15 is 0 Å². The first-order chi connectivity index (χ1) is 10.7. The van der Waals surface area contributed by atoms with Gasteiger partial charge in [0.1, 0.15) is 0 Å². The van der Waals surface area contributed by atoms with Crippen LogP contribution in [0.5, 0.6) is 0 Å². The van der Waals surface area contributed by atoms with Crippen LogP contribution in [-0.4, -0.2) is 35.5 Å². The predicted molar refractivity (Wildman–Crippen MR) is 91.9 cm³/mol. The molecule has 1 rings (SSSR count). The van der Waals surface area contributed by atoms with Gasteiger partial charge in [-0.05, 0) is 64.5 Å². The Kier molecular flexibility index (Phi) is 7.23. The van der Waals surface area contributed by atoms with Crippen molar-refractivity contribution >= 4 is 5.97 Å². The second-order valence-electron chi connectivity index (χ2n) is 6.68. The van der Waals surface area contributed by atoms with Gasteiger partial charge in [-0.15, -0.1) is 0 Å². The Bertz CT molecular complexity index is 513. The maximum atomic E-state index is 12.2. The molecule has 0 fully saturated rings. The van der Waals surface area contributed by atoms with Crippen molar-refractivity contribution in [3.8, 4) is 0 Å². The largest absolute Gasteiger partial charge is 0.468 e. The average molecular weight is 322 g/mol. The zero-order valence-electron chi connectivity index (χ0n) is 14.9. The summed E-state index contributed by atoms with van der Waals surface area (Å²) in [6.07, 6.45) is 7.81. The van der Waals surface area contributed by atoms with Crippen LogP contribution in [0, 0.1) is 5.41 Å². The zero-order valence-corrected chi connectivity index (χ0v) is 14.9. The lowest BCUT2D eigenvalue weighted by Gasteiger charge is -2.36. The lowest BCUT2D eigenvalue weighted by Crippen LogP contribution is -2.37. The van der Waals surface area contributed by atoms with Gasteiger partial charge in [-0.3, -0.25) is 4.79 Å². The molecule has 0 radical (unpaired) electrons. The highest BCUT2D eigenvalue weighted by Gasteiger charge is 2.42. The molecule has 0 heterocycles. The fourth-order valence-corrected chi connectivity index (χ4v) is 2.98. The Morgan fingerprint density at radius 2 is 2.17 bits per heavy atom. The number of hydrogen-bond donors (Lipinski definition) is 2. The van der Waals surface area contributed by atoms with Gasteiger partial charge in [0.2, 0.25) is 0 Å².